The normalized spacial score (nSPS) is 25.4. The van der Waals surface area contributed by atoms with Gasteiger partial charge in [-0.15, -0.1) is 0 Å². The molecule has 1 saturated heterocycles. The second-order valence-electron chi connectivity index (χ2n) is 3.88. The summed E-state index contributed by atoms with van der Waals surface area (Å²) in [4.78, 5) is 2.35. The number of rotatable bonds is 6. The summed E-state index contributed by atoms with van der Waals surface area (Å²) >= 11 is 0. The average molecular weight is 218 g/mol. The van der Waals surface area contributed by atoms with Crippen molar-refractivity contribution in [2.45, 2.75) is 19.1 Å². The molecular formula is C10H22N2O3. The molecule has 0 amide bonds. The fourth-order valence-corrected chi connectivity index (χ4v) is 1.67. The number of hydrogen-bond donors (Lipinski definition) is 3. The van der Waals surface area contributed by atoms with E-state index < -0.39 is 6.10 Å². The van der Waals surface area contributed by atoms with Crippen LogP contribution in [-0.2, 0) is 4.74 Å². The Morgan fingerprint density at radius 1 is 1.60 bits per heavy atom. The molecule has 0 spiro atoms. The molecule has 1 aliphatic heterocycles. The van der Waals surface area contributed by atoms with Crippen molar-refractivity contribution in [1.29, 1.82) is 0 Å². The van der Waals surface area contributed by atoms with Gasteiger partial charge >= 0.3 is 0 Å². The predicted molar refractivity (Wildman–Crippen MR) is 57.8 cm³/mol. The van der Waals surface area contributed by atoms with Crippen LogP contribution in [-0.4, -0.2) is 73.3 Å². The highest BCUT2D eigenvalue weighted by Crippen LogP contribution is 2.03. The van der Waals surface area contributed by atoms with Crippen LogP contribution in [0.1, 0.15) is 6.92 Å². The van der Waals surface area contributed by atoms with Gasteiger partial charge in [-0.25, -0.2) is 0 Å². The van der Waals surface area contributed by atoms with E-state index in [0.29, 0.717) is 6.54 Å². The Morgan fingerprint density at radius 3 is 3.07 bits per heavy atom. The number of hydrogen-bond acceptors (Lipinski definition) is 5. The molecule has 0 aromatic heterocycles. The molecule has 1 unspecified atom stereocenters. The molecular weight excluding hydrogens is 196 g/mol. The zero-order valence-electron chi connectivity index (χ0n) is 9.35. The van der Waals surface area contributed by atoms with Crippen LogP contribution in [0.25, 0.3) is 0 Å². The van der Waals surface area contributed by atoms with Crippen LogP contribution < -0.4 is 5.32 Å². The fourth-order valence-electron chi connectivity index (χ4n) is 1.67. The molecule has 0 radical (unpaired) electrons. The molecule has 1 aliphatic rings. The van der Waals surface area contributed by atoms with Gasteiger partial charge in [0, 0.05) is 26.2 Å². The highest BCUT2D eigenvalue weighted by atomic mass is 16.5. The highest BCUT2D eigenvalue weighted by Gasteiger charge is 2.18. The first-order valence-electron chi connectivity index (χ1n) is 5.59. The first-order chi connectivity index (χ1) is 7.26. The van der Waals surface area contributed by atoms with Crippen LogP contribution in [0.3, 0.4) is 0 Å². The molecule has 15 heavy (non-hydrogen) atoms. The number of nitrogens with zero attached hydrogens (tertiary/aromatic N) is 1. The lowest BCUT2D eigenvalue weighted by atomic mass is 10.2. The van der Waals surface area contributed by atoms with Crippen LogP contribution in [0.2, 0.25) is 0 Å². The second-order valence-corrected chi connectivity index (χ2v) is 3.88. The van der Waals surface area contributed by atoms with Crippen molar-refractivity contribution in [1.82, 2.24) is 10.2 Å². The van der Waals surface area contributed by atoms with E-state index in [1.165, 1.54) is 0 Å². The summed E-state index contributed by atoms with van der Waals surface area (Å²) in [5, 5.41) is 20.8. The standard InChI is InChI=1S/C10H22N2O3/c1-2-12-3-4-15-10(7-12)6-11-5-9(14)8-13/h9-11,13-14H,2-8H2,1H3/t9-,10?/m0/s1. The quantitative estimate of drug-likeness (QED) is 0.514. The van der Waals surface area contributed by atoms with Crippen molar-refractivity contribution in [3.05, 3.63) is 0 Å². The van der Waals surface area contributed by atoms with Crippen LogP contribution in [0.4, 0.5) is 0 Å². The smallest absolute Gasteiger partial charge is 0.0894 e. The largest absolute Gasteiger partial charge is 0.394 e. The lowest BCUT2D eigenvalue weighted by Gasteiger charge is -2.32. The minimum Gasteiger partial charge on any atom is -0.394 e. The number of likely N-dealkylation sites (N-methyl/N-ethyl adjacent to an activating group) is 1. The van der Waals surface area contributed by atoms with E-state index in [2.05, 4.69) is 17.1 Å². The molecule has 0 aliphatic carbocycles. The van der Waals surface area contributed by atoms with Gasteiger partial charge in [0.05, 0.1) is 25.4 Å². The summed E-state index contributed by atoms with van der Waals surface area (Å²) in [6.45, 7) is 6.88. The van der Waals surface area contributed by atoms with Gasteiger partial charge in [-0.1, -0.05) is 6.92 Å². The van der Waals surface area contributed by atoms with Crippen LogP contribution >= 0.6 is 0 Å². The first-order valence-corrected chi connectivity index (χ1v) is 5.59. The van der Waals surface area contributed by atoms with Crippen molar-refractivity contribution in [2.75, 3.05) is 45.9 Å². The van der Waals surface area contributed by atoms with E-state index >= 15 is 0 Å². The SMILES string of the molecule is CCN1CCOC(CNC[C@H](O)CO)C1. The summed E-state index contributed by atoms with van der Waals surface area (Å²) in [5.74, 6) is 0. The van der Waals surface area contributed by atoms with E-state index in [1.807, 2.05) is 0 Å². The van der Waals surface area contributed by atoms with Gasteiger partial charge in [-0.3, -0.25) is 4.90 Å². The number of nitrogens with one attached hydrogen (secondary N) is 1. The van der Waals surface area contributed by atoms with E-state index in [0.717, 1.165) is 32.8 Å². The molecule has 2 atom stereocenters. The molecule has 5 nitrogen and oxygen atoms in total. The minimum atomic E-state index is -0.670. The Bertz CT molecular complexity index is 169. The molecule has 0 bridgehead atoms. The molecule has 0 aromatic carbocycles. The third kappa shape index (κ3) is 4.90. The third-order valence-corrected chi connectivity index (χ3v) is 2.63. The van der Waals surface area contributed by atoms with Crippen LogP contribution in [0.5, 0.6) is 0 Å². The van der Waals surface area contributed by atoms with Crippen LogP contribution in [0.15, 0.2) is 0 Å². The van der Waals surface area contributed by atoms with Crippen molar-refractivity contribution >= 4 is 0 Å². The molecule has 90 valence electrons. The molecule has 0 saturated carbocycles. The topological polar surface area (TPSA) is 65.0 Å². The van der Waals surface area contributed by atoms with Crippen molar-refractivity contribution in [2.24, 2.45) is 0 Å². The van der Waals surface area contributed by atoms with Gasteiger partial charge in [0.1, 0.15) is 0 Å². The van der Waals surface area contributed by atoms with Crippen molar-refractivity contribution in [3.8, 4) is 0 Å². The van der Waals surface area contributed by atoms with E-state index in [4.69, 9.17) is 14.9 Å². The van der Waals surface area contributed by atoms with Gasteiger partial charge < -0.3 is 20.3 Å². The Hall–Kier alpha value is -0.200. The fraction of sp³-hybridized carbons (Fsp3) is 1.00. The molecule has 1 fully saturated rings. The summed E-state index contributed by atoms with van der Waals surface area (Å²) < 4.78 is 5.58. The molecule has 1 heterocycles. The van der Waals surface area contributed by atoms with Gasteiger partial charge in [-0.05, 0) is 6.54 Å². The maximum Gasteiger partial charge on any atom is 0.0894 e. The van der Waals surface area contributed by atoms with E-state index in [9.17, 15) is 0 Å². The van der Waals surface area contributed by atoms with Gasteiger partial charge in [0.25, 0.3) is 0 Å². The lowest BCUT2D eigenvalue weighted by Crippen LogP contribution is -2.47. The number of morpholine rings is 1. The first kappa shape index (κ1) is 12.9. The lowest BCUT2D eigenvalue weighted by molar-refractivity contribution is -0.0267. The molecule has 0 aromatic rings. The minimum absolute atomic E-state index is 0.195. The second kappa shape index (κ2) is 7.14. The van der Waals surface area contributed by atoms with Crippen molar-refractivity contribution in [3.63, 3.8) is 0 Å². The summed E-state index contributed by atoms with van der Waals surface area (Å²) in [6, 6.07) is 0. The maximum absolute atomic E-state index is 9.12. The number of ether oxygens (including phenoxy) is 1. The number of aliphatic hydroxyl groups excluding tert-OH is 2. The van der Waals surface area contributed by atoms with Gasteiger partial charge in [-0.2, -0.15) is 0 Å². The molecule has 1 rings (SSSR count). The maximum atomic E-state index is 9.12. The van der Waals surface area contributed by atoms with Gasteiger partial charge in [0.2, 0.25) is 0 Å². The third-order valence-electron chi connectivity index (χ3n) is 2.63. The summed E-state index contributed by atoms with van der Waals surface area (Å²) in [5.41, 5.74) is 0. The Kier molecular flexibility index (Phi) is 6.12. The zero-order chi connectivity index (χ0) is 11.1. The highest BCUT2D eigenvalue weighted by molar-refractivity contribution is 4.73. The zero-order valence-corrected chi connectivity index (χ0v) is 9.35. The summed E-state index contributed by atoms with van der Waals surface area (Å²) in [7, 11) is 0. The van der Waals surface area contributed by atoms with Crippen LogP contribution in [0, 0.1) is 0 Å². The molecule has 3 N–H and O–H groups in total. The number of aliphatic hydroxyl groups is 2. The van der Waals surface area contributed by atoms with E-state index in [-0.39, 0.29) is 12.7 Å². The average Bonchev–Trinajstić information content (AvgIpc) is 2.29. The van der Waals surface area contributed by atoms with E-state index in [1.54, 1.807) is 0 Å². The Morgan fingerprint density at radius 2 is 2.40 bits per heavy atom. The Balaban J connectivity index is 2.10. The summed E-state index contributed by atoms with van der Waals surface area (Å²) in [6.07, 6.45) is -0.472. The monoisotopic (exact) mass is 218 g/mol. The van der Waals surface area contributed by atoms with Crippen molar-refractivity contribution < 1.29 is 14.9 Å². The molecule has 5 heteroatoms. The predicted octanol–water partition coefficient (Wildman–Crippen LogP) is -1.35. The Labute approximate surface area is 91.0 Å². The van der Waals surface area contributed by atoms with Gasteiger partial charge in [0.15, 0.2) is 0 Å².